The number of nitrogens with one attached hydrogen (secondary N) is 1. The average Bonchev–Trinajstić information content (AvgIpc) is 3.95. The van der Waals surface area contributed by atoms with E-state index < -0.39 is 21.5 Å². The Hall–Kier alpha value is -2.99. The monoisotopic (exact) mass is 833 g/mol. The zero-order chi connectivity index (χ0) is 37.0. The summed E-state index contributed by atoms with van der Waals surface area (Å²) >= 11 is 22.1. The number of hydrogen-bond donors (Lipinski definition) is 2. The molecule has 3 aromatic carbocycles. The van der Waals surface area contributed by atoms with Gasteiger partial charge in [-0.25, -0.2) is 4.79 Å². The third kappa shape index (κ3) is 9.02. The van der Waals surface area contributed by atoms with Gasteiger partial charge in [0.25, 0.3) is 5.91 Å². The van der Waals surface area contributed by atoms with E-state index in [1.165, 1.54) is 0 Å². The molecule has 0 aromatic heterocycles. The number of amides is 2. The Kier molecular flexibility index (Phi) is 12.3. The van der Waals surface area contributed by atoms with E-state index in [-0.39, 0.29) is 24.6 Å². The minimum absolute atomic E-state index is 0.0123. The molecule has 2 atom stereocenters. The van der Waals surface area contributed by atoms with Crippen molar-refractivity contribution in [1.29, 1.82) is 0 Å². The zero-order valence-electron chi connectivity index (χ0n) is 29.1. The minimum Gasteiger partial charge on any atom is -0.490 e. The number of halogens is 4. The molecule has 2 fully saturated rings. The molecule has 6 rings (SSSR count). The number of nitrogens with zero attached hydrogens (tertiary/aromatic N) is 2. The molecule has 9 nitrogen and oxygen atoms in total. The van der Waals surface area contributed by atoms with Crippen LogP contribution in [0.1, 0.15) is 49.8 Å². The minimum atomic E-state index is -1.87. The fraction of sp³-hybridized carbons (Fsp3) is 0.436. The largest absolute Gasteiger partial charge is 0.490 e. The highest BCUT2D eigenvalue weighted by atomic mass is 79.9. The van der Waals surface area contributed by atoms with Crippen LogP contribution in [-0.2, 0) is 22.5 Å². The smallest absolute Gasteiger partial charge is 0.411 e. The molecule has 1 saturated heterocycles. The van der Waals surface area contributed by atoms with Crippen molar-refractivity contribution in [2.45, 2.75) is 73.6 Å². The third-order valence-electron chi connectivity index (χ3n) is 9.74. The molecule has 13 heteroatoms. The van der Waals surface area contributed by atoms with Gasteiger partial charge >= 0.3 is 6.09 Å². The molecule has 2 N–H and O–H groups in total. The first-order valence-electron chi connectivity index (χ1n) is 17.5. The van der Waals surface area contributed by atoms with Crippen molar-refractivity contribution in [3.63, 3.8) is 0 Å². The second-order valence-electron chi connectivity index (χ2n) is 13.8. The van der Waals surface area contributed by atoms with Gasteiger partial charge < -0.3 is 29.5 Å². The predicted octanol–water partition coefficient (Wildman–Crippen LogP) is 7.72. The van der Waals surface area contributed by atoms with Crippen LogP contribution in [0.5, 0.6) is 11.5 Å². The number of fused-ring (bicyclic) bond motifs is 2. The number of carbonyl (C=O) groups is 2. The highest BCUT2D eigenvalue weighted by Gasteiger charge is 2.50. The summed E-state index contributed by atoms with van der Waals surface area (Å²) in [5.74, 6) is 1.30. The van der Waals surface area contributed by atoms with Crippen LogP contribution in [0.2, 0.25) is 0 Å². The fourth-order valence-electron chi connectivity index (χ4n) is 6.72. The molecule has 1 saturated carbocycles. The lowest BCUT2D eigenvalue weighted by Crippen LogP contribution is -2.64. The van der Waals surface area contributed by atoms with Crippen LogP contribution in [0.15, 0.2) is 82.8 Å². The van der Waals surface area contributed by atoms with Crippen LogP contribution < -0.4 is 14.8 Å². The number of hydrogen-bond acceptors (Lipinski definition) is 7. The van der Waals surface area contributed by atoms with Crippen molar-refractivity contribution in [1.82, 2.24) is 15.1 Å². The maximum absolute atomic E-state index is 15.0. The van der Waals surface area contributed by atoms with Gasteiger partial charge in [-0.15, -0.1) is 0 Å². The SMILES string of the molecule is CC(C)(OC(=O)N1C2CNCC1C(C(=O)N(Cc1ccccc1CCO)C1CC1)=C(c1ccc(OCCOc3ccc(Br)cc3)cc1)C2)C(Cl)(Cl)Cl. The van der Waals surface area contributed by atoms with Crippen LogP contribution in [-0.4, -0.2) is 87.3 Å². The maximum Gasteiger partial charge on any atom is 0.411 e. The Balaban J connectivity index is 1.30. The molecule has 2 unspecified atom stereocenters. The number of carbonyl (C=O) groups excluding carboxylic acids is 2. The van der Waals surface area contributed by atoms with Gasteiger partial charge in [0.2, 0.25) is 3.79 Å². The molecule has 2 amide bonds. The highest BCUT2D eigenvalue weighted by Crippen LogP contribution is 2.44. The van der Waals surface area contributed by atoms with E-state index in [1.807, 2.05) is 77.7 Å². The summed E-state index contributed by atoms with van der Waals surface area (Å²) in [5.41, 5.74) is 2.85. The second kappa shape index (κ2) is 16.6. The quantitative estimate of drug-likeness (QED) is 0.135. The second-order valence-corrected chi connectivity index (χ2v) is 17.0. The lowest BCUT2D eigenvalue weighted by molar-refractivity contribution is -0.129. The number of aliphatic hydroxyl groups is 1. The molecular weight excluding hydrogens is 793 g/mol. The number of rotatable bonds is 13. The Morgan fingerprint density at radius 2 is 1.54 bits per heavy atom. The fourth-order valence-corrected chi connectivity index (χ4v) is 7.10. The number of aliphatic hydroxyl groups excluding tert-OH is 1. The van der Waals surface area contributed by atoms with Gasteiger partial charge in [0.05, 0.1) is 12.1 Å². The van der Waals surface area contributed by atoms with Crippen LogP contribution in [0, 0.1) is 0 Å². The summed E-state index contributed by atoms with van der Waals surface area (Å²) in [6, 6.07) is 22.4. The molecule has 0 radical (unpaired) electrons. The molecule has 3 aromatic rings. The van der Waals surface area contributed by atoms with Crippen molar-refractivity contribution in [3.05, 3.63) is 99.5 Å². The Bertz CT molecular complexity index is 1760. The van der Waals surface area contributed by atoms with Gasteiger partial charge in [0.15, 0.2) is 5.60 Å². The van der Waals surface area contributed by atoms with Gasteiger partial charge in [-0.05, 0) is 98.2 Å². The van der Waals surface area contributed by atoms with Crippen molar-refractivity contribution in [3.8, 4) is 11.5 Å². The van der Waals surface area contributed by atoms with Crippen LogP contribution in [0.25, 0.3) is 5.57 Å². The van der Waals surface area contributed by atoms with Gasteiger partial charge in [-0.3, -0.25) is 9.69 Å². The first kappa shape index (κ1) is 38.7. The third-order valence-corrected chi connectivity index (χ3v) is 11.6. The average molecular weight is 836 g/mol. The summed E-state index contributed by atoms with van der Waals surface area (Å²) in [6.07, 6.45) is 2.05. The van der Waals surface area contributed by atoms with E-state index in [9.17, 15) is 9.90 Å². The first-order valence-corrected chi connectivity index (χ1v) is 19.4. The maximum atomic E-state index is 15.0. The van der Waals surface area contributed by atoms with E-state index in [1.54, 1.807) is 18.7 Å². The van der Waals surface area contributed by atoms with E-state index >= 15 is 4.79 Å². The Morgan fingerprint density at radius 3 is 2.13 bits per heavy atom. The van der Waals surface area contributed by atoms with Crippen molar-refractivity contribution < 1.29 is 28.9 Å². The molecule has 0 spiro atoms. The molecule has 2 heterocycles. The Labute approximate surface area is 328 Å². The lowest BCUT2D eigenvalue weighted by Gasteiger charge is -2.48. The van der Waals surface area contributed by atoms with Crippen molar-refractivity contribution >= 4 is 68.3 Å². The summed E-state index contributed by atoms with van der Waals surface area (Å²) in [6.45, 7) is 5.10. The van der Waals surface area contributed by atoms with Gasteiger partial charge in [-0.2, -0.15) is 0 Å². The highest BCUT2D eigenvalue weighted by molar-refractivity contribution is 9.10. The van der Waals surface area contributed by atoms with Gasteiger partial charge in [-0.1, -0.05) is 87.1 Å². The summed E-state index contributed by atoms with van der Waals surface area (Å²) in [5, 5.41) is 13.2. The van der Waals surface area contributed by atoms with Crippen LogP contribution in [0.3, 0.4) is 0 Å². The summed E-state index contributed by atoms with van der Waals surface area (Å²) < 4.78 is 16.8. The summed E-state index contributed by atoms with van der Waals surface area (Å²) in [4.78, 5) is 32.6. The summed E-state index contributed by atoms with van der Waals surface area (Å²) in [7, 11) is 0. The van der Waals surface area contributed by atoms with Gasteiger partial charge in [0.1, 0.15) is 24.7 Å². The van der Waals surface area contributed by atoms with E-state index in [2.05, 4.69) is 21.2 Å². The van der Waals surface area contributed by atoms with E-state index in [0.717, 1.165) is 45.3 Å². The van der Waals surface area contributed by atoms with Gasteiger partial charge in [0, 0.05) is 42.3 Å². The number of ether oxygens (including phenoxy) is 3. The number of alkyl halides is 3. The van der Waals surface area contributed by atoms with Crippen LogP contribution in [0.4, 0.5) is 4.79 Å². The van der Waals surface area contributed by atoms with E-state index in [4.69, 9.17) is 49.0 Å². The van der Waals surface area contributed by atoms with Crippen molar-refractivity contribution in [2.24, 2.45) is 0 Å². The van der Waals surface area contributed by atoms with Crippen LogP contribution >= 0.6 is 50.7 Å². The molecule has 1 aliphatic carbocycles. The number of piperazine rings is 1. The Morgan fingerprint density at radius 1 is 0.923 bits per heavy atom. The molecule has 2 bridgehead atoms. The number of benzene rings is 3. The molecule has 3 aliphatic rings. The topological polar surface area (TPSA) is 101 Å². The first-order chi connectivity index (χ1) is 24.9. The standard InChI is InChI=1S/C39H43BrCl3N3O6/c1-38(2,39(41,42)43)52-37(49)46-30-21-33(26-7-13-31(14-8-26)50-19-20-51-32-15-9-28(40)10-16-32)35(34(46)23-44-22-30)36(48)45(29-11-12-29)24-27-6-4-3-5-25(27)17-18-47/h3-10,13-16,29-30,34,44,47H,11-12,17-24H2,1-2H3. The normalized spacial score (nSPS) is 18.9. The molecule has 2 aliphatic heterocycles. The predicted molar refractivity (Wildman–Crippen MR) is 207 cm³/mol. The van der Waals surface area contributed by atoms with E-state index in [0.29, 0.717) is 57.0 Å². The lowest BCUT2D eigenvalue weighted by atomic mass is 9.82. The van der Waals surface area contributed by atoms with Crippen molar-refractivity contribution in [2.75, 3.05) is 32.9 Å². The molecule has 52 heavy (non-hydrogen) atoms. The molecule has 278 valence electrons. The molecular formula is C39H43BrCl3N3O6. The zero-order valence-corrected chi connectivity index (χ0v) is 33.0.